The largest absolute Gasteiger partial charge is 0.466 e. The van der Waals surface area contributed by atoms with E-state index in [-0.39, 0.29) is 0 Å². The lowest BCUT2D eigenvalue weighted by Crippen LogP contribution is -1.82. The minimum Gasteiger partial charge on any atom is -0.384 e. The van der Waals surface area contributed by atoms with Crippen LogP contribution in [0.1, 0.15) is 6.42 Å². The van der Waals surface area contributed by atoms with Crippen LogP contribution < -0.4 is 0 Å². The Hall–Kier alpha value is -0.440. The summed E-state index contributed by atoms with van der Waals surface area (Å²) in [7, 11) is -3.06. The number of phosphoric acid groups is 1. The zero-order chi connectivity index (χ0) is 9.33. The van der Waals surface area contributed by atoms with Gasteiger partial charge in [-0.3, -0.25) is 0 Å². The Labute approximate surface area is 64.3 Å². The molecule has 0 rings (SSSR count). The van der Waals surface area contributed by atoms with Crippen LogP contribution in [0.4, 0.5) is 0 Å². The van der Waals surface area contributed by atoms with Gasteiger partial charge in [-0.25, -0.2) is 4.57 Å². The van der Waals surface area contributed by atoms with Gasteiger partial charge in [0, 0.05) is 7.11 Å². The zero-order valence-corrected chi connectivity index (χ0v) is 6.86. The smallest absolute Gasteiger partial charge is 0.384 e. The van der Waals surface area contributed by atoms with Crippen molar-refractivity contribution in [2.75, 3.05) is 13.7 Å². The van der Waals surface area contributed by atoms with Crippen LogP contribution in [0.3, 0.4) is 0 Å². The molecular weight excluding hydrogens is 173 g/mol. The summed E-state index contributed by atoms with van der Waals surface area (Å²) in [6.07, 6.45) is 0.497. The molecule has 0 aliphatic heterocycles. The third-order valence-corrected chi connectivity index (χ3v) is 0.418. The van der Waals surface area contributed by atoms with Crippen LogP contribution in [0.5, 0.6) is 0 Å². The molecule has 0 heterocycles. The number of ether oxygens (including phenoxy) is 1. The first-order valence-electron chi connectivity index (χ1n) is 2.56. The highest BCUT2D eigenvalue weighted by Crippen LogP contribution is 2.25. The van der Waals surface area contributed by atoms with Crippen molar-refractivity contribution in [3.8, 4) is 6.07 Å². The van der Waals surface area contributed by atoms with Crippen LogP contribution >= 0.6 is 7.82 Å². The zero-order valence-electron chi connectivity index (χ0n) is 5.97. The standard InChI is InChI=1S/C4H7NO.H3O4P/c1-6-4-2-3-5;1-5(2,3)4/h2,4H2,1H3;(H3,1,2,3,4). The molecule has 6 nitrogen and oxygen atoms in total. The molecule has 0 aromatic carbocycles. The van der Waals surface area contributed by atoms with Gasteiger partial charge < -0.3 is 19.4 Å². The molecule has 7 heteroatoms. The van der Waals surface area contributed by atoms with Crippen LogP contribution in [0.25, 0.3) is 0 Å². The van der Waals surface area contributed by atoms with Crippen LogP contribution in [0, 0.1) is 11.3 Å². The summed E-state index contributed by atoms with van der Waals surface area (Å²) < 4.78 is 13.4. The first-order chi connectivity index (χ1) is 4.91. The molecule has 0 aliphatic carbocycles. The SMILES string of the molecule is COCCC#N.O=P(O)(O)O. The Balaban J connectivity index is 0. The van der Waals surface area contributed by atoms with Gasteiger partial charge in [0.15, 0.2) is 0 Å². The van der Waals surface area contributed by atoms with Gasteiger partial charge in [0.1, 0.15) is 0 Å². The predicted octanol–water partition coefficient (Wildman–Crippen LogP) is -0.382. The first-order valence-corrected chi connectivity index (χ1v) is 4.12. The minimum absolute atomic E-state index is 0.497. The van der Waals surface area contributed by atoms with Gasteiger partial charge in [-0.1, -0.05) is 0 Å². The lowest BCUT2D eigenvalue weighted by Gasteiger charge is -1.82. The summed E-state index contributed by atoms with van der Waals surface area (Å²) in [5, 5.41) is 7.87. The summed E-state index contributed by atoms with van der Waals surface area (Å²) in [6.45, 7) is 0.552. The molecule has 0 saturated carbocycles. The number of nitriles is 1. The van der Waals surface area contributed by atoms with E-state index in [1.165, 1.54) is 0 Å². The van der Waals surface area contributed by atoms with Crippen molar-refractivity contribution >= 4 is 7.82 Å². The van der Waals surface area contributed by atoms with Crippen molar-refractivity contribution in [1.29, 1.82) is 5.26 Å². The molecule has 0 aromatic rings. The van der Waals surface area contributed by atoms with E-state index in [2.05, 4.69) is 4.74 Å². The van der Waals surface area contributed by atoms with Gasteiger partial charge in [-0.2, -0.15) is 5.26 Å². The van der Waals surface area contributed by atoms with E-state index in [0.717, 1.165) is 0 Å². The Morgan fingerprint density at radius 1 is 1.55 bits per heavy atom. The highest BCUT2D eigenvalue weighted by atomic mass is 31.2. The summed E-state index contributed by atoms with van der Waals surface area (Å²) in [4.78, 5) is 21.6. The Morgan fingerprint density at radius 3 is 2.00 bits per heavy atom. The third-order valence-electron chi connectivity index (χ3n) is 0.418. The van der Waals surface area contributed by atoms with Gasteiger partial charge in [0.2, 0.25) is 0 Å². The van der Waals surface area contributed by atoms with E-state index in [0.29, 0.717) is 13.0 Å². The summed E-state index contributed by atoms with van der Waals surface area (Å²) in [5.41, 5.74) is 0. The van der Waals surface area contributed by atoms with Crippen molar-refractivity contribution < 1.29 is 24.0 Å². The van der Waals surface area contributed by atoms with Gasteiger partial charge >= 0.3 is 7.82 Å². The van der Waals surface area contributed by atoms with Crippen LogP contribution in [0.2, 0.25) is 0 Å². The quantitative estimate of drug-likeness (QED) is 0.397. The molecule has 0 radical (unpaired) electrons. The van der Waals surface area contributed by atoms with Crippen LogP contribution in [-0.4, -0.2) is 28.4 Å². The van der Waals surface area contributed by atoms with Crippen molar-refractivity contribution in [2.24, 2.45) is 0 Å². The lowest BCUT2D eigenvalue weighted by atomic mass is 10.5. The van der Waals surface area contributed by atoms with Crippen molar-refractivity contribution in [2.45, 2.75) is 6.42 Å². The molecule has 0 fully saturated rings. The molecule has 0 unspecified atom stereocenters. The average Bonchev–Trinajstić information content (AvgIpc) is 1.79. The topological polar surface area (TPSA) is 111 Å². The van der Waals surface area contributed by atoms with Gasteiger partial charge in [-0.05, 0) is 0 Å². The van der Waals surface area contributed by atoms with Crippen molar-refractivity contribution in [3.05, 3.63) is 0 Å². The minimum atomic E-state index is -4.64. The normalized spacial score (nSPS) is 9.36. The molecule has 0 amide bonds. The molecule has 0 aliphatic rings. The monoisotopic (exact) mass is 183 g/mol. The molecule has 11 heavy (non-hydrogen) atoms. The Bertz CT molecular complexity index is 150. The fraction of sp³-hybridized carbons (Fsp3) is 0.750. The third kappa shape index (κ3) is 83.4. The maximum absolute atomic E-state index is 8.88. The van der Waals surface area contributed by atoms with E-state index >= 15 is 0 Å². The highest BCUT2D eigenvalue weighted by molar-refractivity contribution is 7.45. The number of nitrogens with zero attached hydrogens (tertiary/aromatic N) is 1. The van der Waals surface area contributed by atoms with E-state index in [1.54, 1.807) is 7.11 Å². The predicted molar refractivity (Wildman–Crippen MR) is 36.4 cm³/mol. The van der Waals surface area contributed by atoms with E-state index in [1.807, 2.05) is 6.07 Å². The van der Waals surface area contributed by atoms with Crippen molar-refractivity contribution in [3.63, 3.8) is 0 Å². The number of hydrogen-bond donors (Lipinski definition) is 3. The fourth-order valence-corrected chi connectivity index (χ4v) is 0.148. The van der Waals surface area contributed by atoms with Crippen LogP contribution in [0.15, 0.2) is 0 Å². The number of methoxy groups -OCH3 is 1. The van der Waals surface area contributed by atoms with E-state index in [4.69, 9.17) is 24.5 Å². The number of hydrogen-bond acceptors (Lipinski definition) is 3. The van der Waals surface area contributed by atoms with Gasteiger partial charge in [-0.15, -0.1) is 0 Å². The molecular formula is C4H10NO5P. The van der Waals surface area contributed by atoms with E-state index in [9.17, 15) is 0 Å². The molecule has 0 spiro atoms. The highest BCUT2D eigenvalue weighted by Gasteiger charge is 2.00. The van der Waals surface area contributed by atoms with Gasteiger partial charge in [0.25, 0.3) is 0 Å². The van der Waals surface area contributed by atoms with E-state index < -0.39 is 7.82 Å². The van der Waals surface area contributed by atoms with Crippen molar-refractivity contribution in [1.82, 2.24) is 0 Å². The molecule has 0 bridgehead atoms. The first kappa shape index (κ1) is 13.2. The van der Waals surface area contributed by atoms with Crippen LogP contribution in [-0.2, 0) is 9.30 Å². The second-order valence-electron chi connectivity index (χ2n) is 1.41. The summed E-state index contributed by atoms with van der Waals surface area (Å²) in [5.74, 6) is 0. The number of rotatable bonds is 2. The molecule has 66 valence electrons. The Morgan fingerprint density at radius 2 is 1.91 bits per heavy atom. The summed E-state index contributed by atoms with van der Waals surface area (Å²) in [6, 6.07) is 1.94. The molecule has 0 atom stereocenters. The molecule has 0 saturated heterocycles. The molecule has 3 N–H and O–H groups in total. The Kier molecular flexibility index (Phi) is 9.18. The second kappa shape index (κ2) is 7.66. The fourth-order valence-electron chi connectivity index (χ4n) is 0.148. The lowest BCUT2D eigenvalue weighted by molar-refractivity contribution is 0.205. The molecule has 0 aromatic heterocycles. The average molecular weight is 183 g/mol. The maximum atomic E-state index is 8.88. The second-order valence-corrected chi connectivity index (χ2v) is 2.44. The summed E-state index contributed by atoms with van der Waals surface area (Å²) >= 11 is 0. The van der Waals surface area contributed by atoms with Gasteiger partial charge in [0.05, 0.1) is 19.1 Å². The maximum Gasteiger partial charge on any atom is 0.466 e.